The molecule has 0 aliphatic carbocycles. The van der Waals surface area contributed by atoms with Crippen molar-refractivity contribution in [1.82, 2.24) is 0 Å². The molecule has 0 spiro atoms. The van der Waals surface area contributed by atoms with Crippen LogP contribution in [-0.2, 0) is 0 Å². The summed E-state index contributed by atoms with van der Waals surface area (Å²) in [6.07, 6.45) is 1.86. The van der Waals surface area contributed by atoms with Gasteiger partial charge in [-0.1, -0.05) is 12.1 Å². The standard InChI is InChI=1S/C8H8O2S.Na.H/c1-11-7-5-3-2-4-6(7)8(9)10;;/h2-5H,1H3,(H,9,10);;/q;+1;-1. The molecule has 1 N–H and O–H groups in total. The Balaban J connectivity index is 0. The van der Waals surface area contributed by atoms with Crippen LogP contribution in [0.3, 0.4) is 0 Å². The molecule has 12 heavy (non-hydrogen) atoms. The van der Waals surface area contributed by atoms with Crippen LogP contribution in [-0.4, -0.2) is 17.3 Å². The third-order valence-corrected chi connectivity index (χ3v) is 2.13. The molecule has 1 rings (SSSR count). The van der Waals surface area contributed by atoms with Gasteiger partial charge in [-0.2, -0.15) is 0 Å². The van der Waals surface area contributed by atoms with Crippen LogP contribution < -0.4 is 29.6 Å². The minimum atomic E-state index is -0.866. The monoisotopic (exact) mass is 192 g/mol. The number of benzene rings is 1. The zero-order chi connectivity index (χ0) is 8.27. The zero-order valence-electron chi connectivity index (χ0n) is 8.07. The van der Waals surface area contributed by atoms with E-state index in [1.165, 1.54) is 11.8 Å². The van der Waals surface area contributed by atoms with E-state index in [2.05, 4.69) is 0 Å². The minimum Gasteiger partial charge on any atom is -1.00 e. The van der Waals surface area contributed by atoms with E-state index in [1.54, 1.807) is 18.2 Å². The van der Waals surface area contributed by atoms with E-state index in [1.807, 2.05) is 12.3 Å². The first kappa shape index (κ1) is 12.0. The Morgan fingerprint density at radius 3 is 2.50 bits per heavy atom. The number of rotatable bonds is 2. The number of carboxylic acids is 1. The maximum atomic E-state index is 10.6. The molecule has 0 bridgehead atoms. The summed E-state index contributed by atoms with van der Waals surface area (Å²) in [5.74, 6) is -0.866. The Morgan fingerprint density at radius 1 is 1.50 bits per heavy atom. The van der Waals surface area contributed by atoms with Gasteiger partial charge in [-0.05, 0) is 18.4 Å². The first-order chi connectivity index (χ1) is 5.25. The van der Waals surface area contributed by atoms with Crippen molar-refractivity contribution in [3.8, 4) is 0 Å². The van der Waals surface area contributed by atoms with Crippen molar-refractivity contribution in [1.29, 1.82) is 0 Å². The predicted octanol–water partition coefficient (Wildman–Crippen LogP) is -0.777. The summed E-state index contributed by atoms with van der Waals surface area (Å²) in [7, 11) is 0. The Bertz CT molecular complexity index is 281. The summed E-state index contributed by atoms with van der Waals surface area (Å²) < 4.78 is 0. The smallest absolute Gasteiger partial charge is 1.00 e. The van der Waals surface area contributed by atoms with E-state index >= 15 is 0 Å². The van der Waals surface area contributed by atoms with E-state index < -0.39 is 5.97 Å². The quantitative estimate of drug-likeness (QED) is 0.493. The molecule has 1 aromatic rings. The summed E-state index contributed by atoms with van der Waals surface area (Å²) in [5.41, 5.74) is 0.375. The third-order valence-electron chi connectivity index (χ3n) is 1.34. The SMILES string of the molecule is CSc1ccccc1C(=O)O.[H-].[Na+]. The summed E-state index contributed by atoms with van der Waals surface area (Å²) >= 11 is 1.44. The number of hydrogen-bond acceptors (Lipinski definition) is 2. The van der Waals surface area contributed by atoms with Gasteiger partial charge in [-0.15, -0.1) is 11.8 Å². The normalized spacial score (nSPS) is 8.75. The fourth-order valence-corrected chi connectivity index (χ4v) is 1.41. The molecule has 0 atom stereocenters. The number of carbonyl (C=O) groups is 1. The average molecular weight is 192 g/mol. The van der Waals surface area contributed by atoms with E-state index in [0.717, 1.165) is 4.90 Å². The van der Waals surface area contributed by atoms with E-state index in [9.17, 15) is 4.79 Å². The van der Waals surface area contributed by atoms with Gasteiger partial charge in [0.25, 0.3) is 0 Å². The predicted molar refractivity (Wildman–Crippen MR) is 46.3 cm³/mol. The van der Waals surface area contributed by atoms with Gasteiger partial charge >= 0.3 is 35.5 Å². The van der Waals surface area contributed by atoms with Gasteiger partial charge < -0.3 is 6.53 Å². The van der Waals surface area contributed by atoms with Crippen LogP contribution in [0.15, 0.2) is 29.2 Å². The van der Waals surface area contributed by atoms with Crippen molar-refractivity contribution in [3.63, 3.8) is 0 Å². The summed E-state index contributed by atoms with van der Waals surface area (Å²) in [6.45, 7) is 0. The summed E-state index contributed by atoms with van der Waals surface area (Å²) in [5, 5.41) is 8.68. The largest absolute Gasteiger partial charge is 1.00 e. The molecule has 0 heterocycles. The molecule has 0 fully saturated rings. The van der Waals surface area contributed by atoms with Crippen molar-refractivity contribution < 1.29 is 40.9 Å². The molecule has 0 amide bonds. The zero-order valence-corrected chi connectivity index (χ0v) is 9.89. The van der Waals surface area contributed by atoms with Crippen LogP contribution in [0.25, 0.3) is 0 Å². The Hall–Kier alpha value is 0.0400. The van der Waals surface area contributed by atoms with Gasteiger partial charge in [0.2, 0.25) is 0 Å². The van der Waals surface area contributed by atoms with Crippen LogP contribution in [0.5, 0.6) is 0 Å². The van der Waals surface area contributed by atoms with Crippen molar-refractivity contribution in [2.24, 2.45) is 0 Å². The molecule has 0 radical (unpaired) electrons. The van der Waals surface area contributed by atoms with Gasteiger partial charge in [-0.3, -0.25) is 0 Å². The second-order valence-corrected chi connectivity index (χ2v) is 2.85. The molecule has 0 aliphatic rings. The van der Waals surface area contributed by atoms with Crippen molar-refractivity contribution in [2.75, 3.05) is 6.26 Å². The molecule has 4 heteroatoms. The Morgan fingerprint density at radius 2 is 2.08 bits per heavy atom. The van der Waals surface area contributed by atoms with Gasteiger partial charge in [0.05, 0.1) is 5.56 Å². The fraction of sp³-hybridized carbons (Fsp3) is 0.125. The van der Waals surface area contributed by atoms with Gasteiger partial charge in [0.15, 0.2) is 0 Å². The summed E-state index contributed by atoms with van der Waals surface area (Å²) in [6, 6.07) is 6.96. The van der Waals surface area contributed by atoms with Gasteiger partial charge in [0, 0.05) is 4.90 Å². The number of aromatic carboxylic acids is 1. The summed E-state index contributed by atoms with van der Waals surface area (Å²) in [4.78, 5) is 11.4. The Kier molecular flexibility index (Phi) is 5.66. The first-order valence-electron chi connectivity index (χ1n) is 3.12. The number of carboxylic acid groups (broad SMARTS) is 1. The van der Waals surface area contributed by atoms with E-state index in [4.69, 9.17) is 5.11 Å². The topological polar surface area (TPSA) is 37.3 Å². The van der Waals surface area contributed by atoms with Crippen LogP contribution in [0.2, 0.25) is 0 Å². The number of hydrogen-bond donors (Lipinski definition) is 1. The molecule has 0 aromatic heterocycles. The van der Waals surface area contributed by atoms with Crippen LogP contribution in [0, 0.1) is 0 Å². The van der Waals surface area contributed by atoms with Crippen LogP contribution in [0.1, 0.15) is 11.8 Å². The van der Waals surface area contributed by atoms with Crippen LogP contribution in [0.4, 0.5) is 0 Å². The maximum absolute atomic E-state index is 10.6. The van der Waals surface area contributed by atoms with Gasteiger partial charge in [-0.25, -0.2) is 4.79 Å². The average Bonchev–Trinajstić information content (AvgIpc) is 2.04. The molecule has 1 aromatic carbocycles. The second kappa shape index (κ2) is 5.65. The van der Waals surface area contributed by atoms with Crippen molar-refractivity contribution in [3.05, 3.63) is 29.8 Å². The fourth-order valence-electron chi connectivity index (χ4n) is 0.821. The molecular formula is C8H9NaO2S. The van der Waals surface area contributed by atoms with Crippen LogP contribution >= 0.6 is 11.8 Å². The first-order valence-corrected chi connectivity index (χ1v) is 4.34. The number of thioether (sulfide) groups is 1. The van der Waals surface area contributed by atoms with Crippen molar-refractivity contribution >= 4 is 17.7 Å². The maximum Gasteiger partial charge on any atom is 1.00 e. The molecule has 0 aliphatic heterocycles. The molecule has 0 saturated heterocycles. The van der Waals surface area contributed by atoms with E-state index in [0.29, 0.717) is 5.56 Å². The molecule has 0 saturated carbocycles. The van der Waals surface area contributed by atoms with Crippen molar-refractivity contribution in [2.45, 2.75) is 4.90 Å². The minimum absolute atomic E-state index is 0. The van der Waals surface area contributed by atoms with Gasteiger partial charge in [0.1, 0.15) is 0 Å². The molecule has 0 unspecified atom stereocenters. The third kappa shape index (κ3) is 2.83. The Labute approximate surface area is 99.1 Å². The molecule has 2 nitrogen and oxygen atoms in total. The van der Waals surface area contributed by atoms with E-state index in [-0.39, 0.29) is 31.0 Å². The molecule has 60 valence electrons. The molecular weight excluding hydrogens is 183 g/mol. The second-order valence-electron chi connectivity index (χ2n) is 2.01.